The van der Waals surface area contributed by atoms with Crippen LogP contribution in [0.25, 0.3) is 0 Å². The van der Waals surface area contributed by atoms with E-state index in [1.807, 2.05) is 17.4 Å². The molecule has 0 saturated carbocycles. The smallest absolute Gasteiger partial charge is 0.159 e. The number of nitrogens with zero attached hydrogens (tertiary/aromatic N) is 3. The second kappa shape index (κ2) is 7.81. The highest BCUT2D eigenvalue weighted by Crippen LogP contribution is 2.25. The topological polar surface area (TPSA) is 47.3 Å². The van der Waals surface area contributed by atoms with Gasteiger partial charge in [0, 0.05) is 48.0 Å². The Morgan fingerprint density at radius 2 is 1.88 bits per heavy atom. The van der Waals surface area contributed by atoms with Crippen molar-refractivity contribution < 1.29 is 4.79 Å². The van der Waals surface area contributed by atoms with Crippen LogP contribution in [0.15, 0.2) is 30.3 Å². The van der Waals surface area contributed by atoms with Crippen LogP contribution in [-0.2, 0) is 13.0 Å². The molecule has 2 heterocycles. The summed E-state index contributed by atoms with van der Waals surface area (Å²) < 4.78 is 0. The number of thiophene rings is 1. The summed E-state index contributed by atoms with van der Waals surface area (Å²) in [6.45, 7) is 8.44. The van der Waals surface area contributed by atoms with Gasteiger partial charge in [-0.2, -0.15) is 5.26 Å². The summed E-state index contributed by atoms with van der Waals surface area (Å²) >= 11 is 1.90. The number of piperazine rings is 1. The lowest BCUT2D eigenvalue weighted by Gasteiger charge is -2.36. The van der Waals surface area contributed by atoms with Crippen molar-refractivity contribution in [2.24, 2.45) is 0 Å². The van der Waals surface area contributed by atoms with Crippen LogP contribution in [0.2, 0.25) is 0 Å². The van der Waals surface area contributed by atoms with E-state index in [0.717, 1.165) is 44.8 Å². The van der Waals surface area contributed by atoms with Gasteiger partial charge in [-0.05, 0) is 43.7 Å². The number of carbonyl (C=O) groups is 1. The Kier molecular flexibility index (Phi) is 5.52. The minimum absolute atomic E-state index is 0.0359. The zero-order valence-electron chi connectivity index (χ0n) is 14.8. The van der Waals surface area contributed by atoms with Crippen molar-refractivity contribution in [3.8, 4) is 6.07 Å². The van der Waals surface area contributed by atoms with Crippen molar-refractivity contribution in [1.82, 2.24) is 4.90 Å². The van der Waals surface area contributed by atoms with Gasteiger partial charge < -0.3 is 4.90 Å². The number of anilines is 1. The second-order valence-corrected chi connectivity index (χ2v) is 7.64. The standard InChI is InChI=1S/C20H23N3OS/c1-3-18-6-7-19(25-18)14-22-8-10-23(11-9-22)20-12-16(15(2)24)4-5-17(20)13-21/h4-7,12H,3,8-11,14H2,1-2H3. The fraction of sp³-hybridized carbons (Fsp3) is 0.400. The summed E-state index contributed by atoms with van der Waals surface area (Å²) in [7, 11) is 0. The number of hydrogen-bond acceptors (Lipinski definition) is 5. The molecule has 0 unspecified atom stereocenters. The van der Waals surface area contributed by atoms with Gasteiger partial charge in [0.15, 0.2) is 5.78 Å². The number of rotatable bonds is 5. The van der Waals surface area contributed by atoms with E-state index >= 15 is 0 Å². The second-order valence-electron chi connectivity index (χ2n) is 6.38. The van der Waals surface area contributed by atoms with Crippen molar-refractivity contribution in [1.29, 1.82) is 5.26 Å². The van der Waals surface area contributed by atoms with Crippen molar-refractivity contribution in [2.75, 3.05) is 31.1 Å². The van der Waals surface area contributed by atoms with Crippen molar-refractivity contribution >= 4 is 22.8 Å². The molecule has 130 valence electrons. The number of carbonyl (C=O) groups excluding carboxylic acids is 1. The van der Waals surface area contributed by atoms with Gasteiger partial charge >= 0.3 is 0 Å². The van der Waals surface area contributed by atoms with Crippen LogP contribution in [0.5, 0.6) is 0 Å². The van der Waals surface area contributed by atoms with Crippen LogP contribution in [0, 0.1) is 11.3 Å². The number of nitriles is 1. The maximum atomic E-state index is 11.7. The maximum Gasteiger partial charge on any atom is 0.159 e. The molecule has 2 aromatic rings. The molecule has 0 amide bonds. The third-order valence-corrected chi connectivity index (χ3v) is 5.90. The molecule has 1 saturated heterocycles. The maximum absolute atomic E-state index is 11.7. The molecule has 1 aliphatic heterocycles. The van der Waals surface area contributed by atoms with Crippen LogP contribution < -0.4 is 4.90 Å². The molecule has 0 N–H and O–H groups in total. The zero-order chi connectivity index (χ0) is 17.8. The number of Topliss-reactive ketones (excluding diaryl/α,β-unsaturated/α-hetero) is 1. The largest absolute Gasteiger partial charge is 0.368 e. The van der Waals surface area contributed by atoms with Gasteiger partial charge in [-0.1, -0.05) is 6.92 Å². The minimum atomic E-state index is 0.0359. The van der Waals surface area contributed by atoms with E-state index in [9.17, 15) is 10.1 Å². The lowest BCUT2D eigenvalue weighted by atomic mass is 10.1. The summed E-state index contributed by atoms with van der Waals surface area (Å²) in [6, 6.07) is 12.1. The first-order valence-electron chi connectivity index (χ1n) is 8.70. The Morgan fingerprint density at radius 1 is 1.16 bits per heavy atom. The van der Waals surface area contributed by atoms with Crippen LogP contribution in [0.4, 0.5) is 5.69 Å². The van der Waals surface area contributed by atoms with E-state index in [1.54, 1.807) is 19.1 Å². The molecule has 3 rings (SSSR count). The molecule has 1 aromatic heterocycles. The normalized spacial score (nSPS) is 15.2. The average molecular weight is 353 g/mol. The predicted molar refractivity (Wildman–Crippen MR) is 102 cm³/mol. The first-order chi connectivity index (χ1) is 12.1. The molecule has 0 aliphatic carbocycles. The lowest BCUT2D eigenvalue weighted by molar-refractivity contribution is 0.101. The van der Waals surface area contributed by atoms with Gasteiger partial charge in [0.1, 0.15) is 6.07 Å². The van der Waals surface area contributed by atoms with Gasteiger partial charge in [-0.15, -0.1) is 11.3 Å². The molecule has 0 radical (unpaired) electrons. The molecule has 1 fully saturated rings. The van der Waals surface area contributed by atoms with Crippen molar-refractivity contribution in [2.45, 2.75) is 26.8 Å². The quantitative estimate of drug-likeness (QED) is 0.769. The summed E-state index contributed by atoms with van der Waals surface area (Å²) in [6.07, 6.45) is 1.10. The van der Waals surface area contributed by atoms with E-state index in [2.05, 4.69) is 34.9 Å². The Labute approximate surface area is 153 Å². The summed E-state index contributed by atoms with van der Waals surface area (Å²) in [5.41, 5.74) is 2.20. The Balaban J connectivity index is 1.66. The fourth-order valence-electron chi connectivity index (χ4n) is 3.17. The molecule has 0 atom stereocenters. The first-order valence-corrected chi connectivity index (χ1v) is 9.52. The Bertz CT molecular complexity index is 798. The lowest BCUT2D eigenvalue weighted by Crippen LogP contribution is -2.46. The number of ketones is 1. The van der Waals surface area contributed by atoms with E-state index in [-0.39, 0.29) is 5.78 Å². The van der Waals surface area contributed by atoms with E-state index in [4.69, 9.17) is 0 Å². The average Bonchev–Trinajstić information content (AvgIpc) is 3.09. The van der Waals surface area contributed by atoms with Gasteiger partial charge in [-0.3, -0.25) is 9.69 Å². The van der Waals surface area contributed by atoms with Crippen LogP contribution in [0.1, 0.15) is 39.5 Å². The molecule has 5 heteroatoms. The van der Waals surface area contributed by atoms with Crippen LogP contribution in [0.3, 0.4) is 0 Å². The molecule has 1 aliphatic rings. The van der Waals surface area contributed by atoms with Crippen LogP contribution in [-0.4, -0.2) is 36.9 Å². The zero-order valence-corrected chi connectivity index (χ0v) is 15.6. The van der Waals surface area contributed by atoms with Crippen molar-refractivity contribution in [3.63, 3.8) is 0 Å². The van der Waals surface area contributed by atoms with Gasteiger partial charge in [0.25, 0.3) is 0 Å². The first kappa shape index (κ1) is 17.7. The third-order valence-electron chi connectivity index (χ3n) is 4.68. The molecular weight excluding hydrogens is 330 g/mol. The molecule has 25 heavy (non-hydrogen) atoms. The Morgan fingerprint density at radius 3 is 2.48 bits per heavy atom. The molecule has 0 spiro atoms. The van der Waals surface area contributed by atoms with Gasteiger partial charge in [-0.25, -0.2) is 0 Å². The highest BCUT2D eigenvalue weighted by molar-refractivity contribution is 7.11. The molecule has 4 nitrogen and oxygen atoms in total. The Hall–Kier alpha value is -2.16. The highest BCUT2D eigenvalue weighted by atomic mass is 32.1. The number of hydrogen-bond donors (Lipinski definition) is 0. The summed E-state index contributed by atoms with van der Waals surface area (Å²) in [5, 5.41) is 9.38. The summed E-state index contributed by atoms with van der Waals surface area (Å²) in [5.74, 6) is 0.0359. The monoisotopic (exact) mass is 353 g/mol. The fourth-order valence-corrected chi connectivity index (χ4v) is 4.17. The molecule has 1 aromatic carbocycles. The van der Waals surface area contributed by atoms with Crippen molar-refractivity contribution in [3.05, 3.63) is 51.2 Å². The highest BCUT2D eigenvalue weighted by Gasteiger charge is 2.20. The minimum Gasteiger partial charge on any atom is -0.368 e. The van der Waals surface area contributed by atoms with E-state index in [0.29, 0.717) is 11.1 Å². The van der Waals surface area contributed by atoms with Gasteiger partial charge in [0.05, 0.1) is 11.3 Å². The number of aryl methyl sites for hydroxylation is 1. The SMILES string of the molecule is CCc1ccc(CN2CCN(c3cc(C(C)=O)ccc3C#N)CC2)s1. The number of benzene rings is 1. The molecule has 0 bridgehead atoms. The summed E-state index contributed by atoms with van der Waals surface area (Å²) in [4.78, 5) is 19.2. The van der Waals surface area contributed by atoms with E-state index in [1.165, 1.54) is 9.75 Å². The predicted octanol–water partition coefficient (Wildman–Crippen LogP) is 3.71. The van der Waals surface area contributed by atoms with Crippen LogP contribution >= 0.6 is 11.3 Å². The van der Waals surface area contributed by atoms with E-state index < -0.39 is 0 Å². The third kappa shape index (κ3) is 4.09. The van der Waals surface area contributed by atoms with Gasteiger partial charge in [0.2, 0.25) is 0 Å². The molecular formula is C20H23N3OS.